The predicted molar refractivity (Wildman–Crippen MR) is 63.6 cm³/mol. The number of carbonyl (C=O) groups excluding carboxylic acids is 1. The topological polar surface area (TPSA) is 23.6 Å². The molecular formula is C13H15FN2O. The van der Waals surface area contributed by atoms with E-state index in [2.05, 4.69) is 6.58 Å². The molecule has 0 spiro atoms. The van der Waals surface area contributed by atoms with E-state index in [4.69, 9.17) is 0 Å². The molecule has 0 aromatic heterocycles. The van der Waals surface area contributed by atoms with E-state index in [1.54, 1.807) is 17.1 Å². The Balaban J connectivity index is 2.02. The average Bonchev–Trinajstić information content (AvgIpc) is 2.61. The molecule has 1 aromatic carbocycles. The Bertz CT molecular complexity index is 441. The van der Waals surface area contributed by atoms with Gasteiger partial charge in [-0.15, -0.1) is 0 Å². The lowest BCUT2D eigenvalue weighted by Gasteiger charge is -2.23. The van der Waals surface area contributed by atoms with Gasteiger partial charge in [0.25, 0.3) is 0 Å². The molecule has 2 rings (SSSR count). The molecule has 0 aliphatic carbocycles. The number of halogens is 1. The van der Waals surface area contributed by atoms with Crippen LogP contribution in [0, 0.1) is 5.82 Å². The smallest absolute Gasteiger partial charge is 0.241 e. The van der Waals surface area contributed by atoms with Crippen LogP contribution >= 0.6 is 0 Å². The zero-order valence-electron chi connectivity index (χ0n) is 9.82. The molecule has 1 amide bonds. The zero-order valence-corrected chi connectivity index (χ0v) is 9.82. The molecule has 17 heavy (non-hydrogen) atoms. The van der Waals surface area contributed by atoms with Crippen LogP contribution < -0.4 is 0 Å². The van der Waals surface area contributed by atoms with Crippen LogP contribution in [0.15, 0.2) is 36.4 Å². The highest BCUT2D eigenvalue weighted by Crippen LogP contribution is 2.14. The molecule has 1 aliphatic rings. The lowest BCUT2D eigenvalue weighted by molar-refractivity contribution is -0.140. The van der Waals surface area contributed by atoms with E-state index in [0.29, 0.717) is 6.54 Å². The second kappa shape index (κ2) is 4.67. The van der Waals surface area contributed by atoms with Crippen molar-refractivity contribution in [1.29, 1.82) is 0 Å². The van der Waals surface area contributed by atoms with Gasteiger partial charge in [0.15, 0.2) is 0 Å². The number of nitrogens with zero attached hydrogens (tertiary/aromatic N) is 2. The molecule has 0 N–H and O–H groups in total. The molecule has 1 fully saturated rings. The molecule has 0 unspecified atom stereocenters. The first-order chi connectivity index (χ1) is 8.06. The molecule has 1 aromatic rings. The fraction of sp³-hybridized carbons (Fsp3) is 0.308. The normalized spacial score (nSPS) is 16.6. The maximum Gasteiger partial charge on any atom is 0.241 e. The Labute approximate surface area is 100 Å². The lowest BCUT2D eigenvalue weighted by Crippen LogP contribution is -2.39. The van der Waals surface area contributed by atoms with Gasteiger partial charge in [-0.25, -0.2) is 9.40 Å². The quantitative estimate of drug-likeness (QED) is 0.726. The lowest BCUT2D eigenvalue weighted by atomic mass is 10.1. The van der Waals surface area contributed by atoms with Crippen LogP contribution in [0.5, 0.6) is 0 Å². The second-order valence-corrected chi connectivity index (χ2v) is 4.32. The van der Waals surface area contributed by atoms with E-state index in [1.165, 1.54) is 12.1 Å². The number of rotatable bonds is 2. The SMILES string of the molecule is C=C1CN(C)N(C(=O)Cc2ccc(F)cc2)C1. The maximum absolute atomic E-state index is 12.7. The van der Waals surface area contributed by atoms with Gasteiger partial charge < -0.3 is 0 Å². The Morgan fingerprint density at radius 1 is 1.35 bits per heavy atom. The molecule has 0 saturated carbocycles. The van der Waals surface area contributed by atoms with Crippen molar-refractivity contribution in [3.63, 3.8) is 0 Å². The fourth-order valence-electron chi connectivity index (χ4n) is 1.94. The molecule has 90 valence electrons. The summed E-state index contributed by atoms with van der Waals surface area (Å²) >= 11 is 0. The summed E-state index contributed by atoms with van der Waals surface area (Å²) in [5, 5.41) is 3.53. The molecule has 3 nitrogen and oxygen atoms in total. The van der Waals surface area contributed by atoms with E-state index < -0.39 is 0 Å². The van der Waals surface area contributed by atoms with Gasteiger partial charge in [-0.05, 0) is 23.3 Å². The van der Waals surface area contributed by atoms with Crippen molar-refractivity contribution in [2.75, 3.05) is 20.1 Å². The molecule has 0 radical (unpaired) electrons. The summed E-state index contributed by atoms with van der Waals surface area (Å²) in [7, 11) is 1.86. The van der Waals surface area contributed by atoms with E-state index in [0.717, 1.165) is 17.7 Å². The van der Waals surface area contributed by atoms with Crippen LogP contribution in [0.4, 0.5) is 4.39 Å². The number of hydrogen-bond donors (Lipinski definition) is 0. The summed E-state index contributed by atoms with van der Waals surface area (Å²) in [5.74, 6) is -0.273. The van der Waals surface area contributed by atoms with Crippen molar-refractivity contribution < 1.29 is 9.18 Å². The third kappa shape index (κ3) is 2.71. The Kier molecular flexibility index (Phi) is 3.24. The van der Waals surface area contributed by atoms with E-state index >= 15 is 0 Å². The van der Waals surface area contributed by atoms with Gasteiger partial charge >= 0.3 is 0 Å². The molecular weight excluding hydrogens is 219 g/mol. The summed E-state index contributed by atoms with van der Waals surface area (Å²) < 4.78 is 12.7. The van der Waals surface area contributed by atoms with E-state index in [1.807, 2.05) is 12.1 Å². The Morgan fingerprint density at radius 3 is 2.53 bits per heavy atom. The summed E-state index contributed by atoms with van der Waals surface area (Å²) in [4.78, 5) is 12.0. The van der Waals surface area contributed by atoms with Crippen LogP contribution in [0.1, 0.15) is 5.56 Å². The third-order valence-corrected chi connectivity index (χ3v) is 2.79. The Morgan fingerprint density at radius 2 is 2.00 bits per heavy atom. The first-order valence-corrected chi connectivity index (χ1v) is 5.49. The van der Waals surface area contributed by atoms with E-state index in [-0.39, 0.29) is 18.1 Å². The molecule has 0 bridgehead atoms. The minimum atomic E-state index is -0.284. The fourth-order valence-corrected chi connectivity index (χ4v) is 1.94. The largest absolute Gasteiger partial charge is 0.273 e. The van der Waals surface area contributed by atoms with Crippen molar-refractivity contribution in [1.82, 2.24) is 10.0 Å². The maximum atomic E-state index is 12.7. The number of hydrogen-bond acceptors (Lipinski definition) is 2. The predicted octanol–water partition coefficient (Wildman–Crippen LogP) is 1.61. The highest BCUT2D eigenvalue weighted by molar-refractivity contribution is 5.79. The van der Waals surface area contributed by atoms with Crippen LogP contribution in [0.25, 0.3) is 0 Å². The molecule has 1 heterocycles. The first-order valence-electron chi connectivity index (χ1n) is 5.49. The van der Waals surface area contributed by atoms with Gasteiger partial charge in [-0.2, -0.15) is 0 Å². The Hall–Kier alpha value is -1.68. The van der Waals surface area contributed by atoms with Gasteiger partial charge in [-0.3, -0.25) is 9.80 Å². The molecule has 4 heteroatoms. The molecule has 0 atom stereocenters. The van der Waals surface area contributed by atoms with Gasteiger partial charge in [0.2, 0.25) is 5.91 Å². The van der Waals surface area contributed by atoms with Gasteiger partial charge in [0, 0.05) is 13.6 Å². The standard InChI is InChI=1S/C13H15FN2O/c1-10-8-15(2)16(9-10)13(17)7-11-3-5-12(14)6-4-11/h3-6H,1,7-9H2,2H3. The number of likely N-dealkylation sites (N-methyl/N-ethyl adjacent to an activating group) is 1. The van der Waals surface area contributed by atoms with Crippen LogP contribution in [-0.4, -0.2) is 36.1 Å². The van der Waals surface area contributed by atoms with Crippen LogP contribution in [-0.2, 0) is 11.2 Å². The van der Waals surface area contributed by atoms with Crippen molar-refractivity contribution in [3.8, 4) is 0 Å². The number of hydrazine groups is 1. The number of benzene rings is 1. The van der Waals surface area contributed by atoms with Crippen molar-refractivity contribution in [2.45, 2.75) is 6.42 Å². The first kappa shape index (κ1) is 11.8. The number of carbonyl (C=O) groups is 1. The van der Waals surface area contributed by atoms with Gasteiger partial charge in [-0.1, -0.05) is 18.7 Å². The minimum Gasteiger partial charge on any atom is -0.273 e. The van der Waals surface area contributed by atoms with Crippen molar-refractivity contribution in [2.24, 2.45) is 0 Å². The summed E-state index contributed by atoms with van der Waals surface area (Å²) in [6, 6.07) is 6.01. The third-order valence-electron chi connectivity index (χ3n) is 2.79. The minimum absolute atomic E-state index is 0.0118. The van der Waals surface area contributed by atoms with Gasteiger partial charge in [0.1, 0.15) is 5.82 Å². The second-order valence-electron chi connectivity index (χ2n) is 4.32. The highest BCUT2D eigenvalue weighted by atomic mass is 19.1. The van der Waals surface area contributed by atoms with Gasteiger partial charge in [0.05, 0.1) is 13.0 Å². The molecule has 1 aliphatic heterocycles. The monoisotopic (exact) mass is 234 g/mol. The molecule has 1 saturated heterocycles. The van der Waals surface area contributed by atoms with Crippen molar-refractivity contribution >= 4 is 5.91 Å². The number of amides is 1. The summed E-state index contributed by atoms with van der Waals surface area (Å²) in [6.45, 7) is 5.17. The van der Waals surface area contributed by atoms with Crippen LogP contribution in [0.2, 0.25) is 0 Å². The zero-order chi connectivity index (χ0) is 12.4. The van der Waals surface area contributed by atoms with Crippen molar-refractivity contribution in [3.05, 3.63) is 47.8 Å². The van der Waals surface area contributed by atoms with Crippen LogP contribution in [0.3, 0.4) is 0 Å². The summed E-state index contributed by atoms with van der Waals surface area (Å²) in [5.41, 5.74) is 1.85. The summed E-state index contributed by atoms with van der Waals surface area (Å²) in [6.07, 6.45) is 0.290. The average molecular weight is 234 g/mol. The van der Waals surface area contributed by atoms with E-state index in [9.17, 15) is 9.18 Å². The highest BCUT2D eigenvalue weighted by Gasteiger charge is 2.25.